The fourth-order valence-electron chi connectivity index (χ4n) is 2.20. The molecule has 14 heavy (non-hydrogen) atoms. The molecule has 0 atom stereocenters. The highest BCUT2D eigenvalue weighted by Gasteiger charge is 2.15. The minimum Gasteiger partial charge on any atom is -0.382 e. The largest absolute Gasteiger partial charge is 0.382 e. The Morgan fingerprint density at radius 3 is 2.57 bits per heavy atom. The molecule has 1 saturated carbocycles. The lowest BCUT2D eigenvalue weighted by Gasteiger charge is -2.16. The van der Waals surface area contributed by atoms with Gasteiger partial charge in [-0.1, -0.05) is 25.0 Å². The van der Waals surface area contributed by atoms with Crippen molar-refractivity contribution in [3.63, 3.8) is 0 Å². The molecule has 1 aromatic carbocycles. The van der Waals surface area contributed by atoms with E-state index in [2.05, 4.69) is 37.4 Å². The van der Waals surface area contributed by atoms with E-state index in [0.717, 1.165) is 6.04 Å². The predicted octanol–water partition coefficient (Wildman–Crippen LogP) is 3.66. The van der Waals surface area contributed by atoms with Crippen molar-refractivity contribution in [2.24, 2.45) is 0 Å². The van der Waals surface area contributed by atoms with Crippen molar-refractivity contribution < 1.29 is 0 Å². The van der Waals surface area contributed by atoms with Crippen LogP contribution in [0, 0.1) is 13.8 Å². The summed E-state index contributed by atoms with van der Waals surface area (Å²) in [6, 6.07) is 7.23. The van der Waals surface area contributed by atoms with Crippen LogP contribution in [0.1, 0.15) is 36.8 Å². The topological polar surface area (TPSA) is 12.0 Å². The van der Waals surface area contributed by atoms with Gasteiger partial charge in [-0.2, -0.15) is 0 Å². The lowest BCUT2D eigenvalue weighted by atomic mass is 10.1. The highest BCUT2D eigenvalue weighted by atomic mass is 14.9. The van der Waals surface area contributed by atoms with Crippen LogP contribution in [0.3, 0.4) is 0 Å². The Morgan fingerprint density at radius 2 is 1.86 bits per heavy atom. The minimum absolute atomic E-state index is 0.718. The third kappa shape index (κ3) is 1.92. The van der Waals surface area contributed by atoms with Crippen LogP contribution in [0.25, 0.3) is 0 Å². The first kappa shape index (κ1) is 9.57. The summed E-state index contributed by atoms with van der Waals surface area (Å²) in [7, 11) is 0. The Labute approximate surface area is 86.5 Å². The van der Waals surface area contributed by atoms with Gasteiger partial charge in [0.05, 0.1) is 0 Å². The first-order valence-electron chi connectivity index (χ1n) is 5.60. The molecule has 0 radical (unpaired) electrons. The fraction of sp³-hybridized carbons (Fsp3) is 0.538. The van der Waals surface area contributed by atoms with Crippen molar-refractivity contribution in [1.29, 1.82) is 0 Å². The van der Waals surface area contributed by atoms with E-state index in [1.54, 1.807) is 0 Å². The number of benzene rings is 1. The highest BCUT2D eigenvalue weighted by molar-refractivity contribution is 5.54. The Hall–Kier alpha value is -0.980. The zero-order chi connectivity index (χ0) is 9.97. The number of hydrogen-bond acceptors (Lipinski definition) is 1. The van der Waals surface area contributed by atoms with E-state index in [1.807, 2.05) is 0 Å². The zero-order valence-electron chi connectivity index (χ0n) is 9.14. The number of anilines is 1. The third-order valence-corrected chi connectivity index (χ3v) is 3.32. The van der Waals surface area contributed by atoms with E-state index in [4.69, 9.17) is 0 Å². The van der Waals surface area contributed by atoms with Crippen molar-refractivity contribution in [3.05, 3.63) is 29.3 Å². The molecule has 1 aliphatic rings. The van der Waals surface area contributed by atoms with Crippen molar-refractivity contribution in [1.82, 2.24) is 0 Å². The quantitative estimate of drug-likeness (QED) is 0.748. The molecule has 1 nitrogen and oxygen atoms in total. The Bertz CT molecular complexity index is 311. The molecule has 2 rings (SSSR count). The van der Waals surface area contributed by atoms with Crippen LogP contribution in [0.4, 0.5) is 5.69 Å². The summed E-state index contributed by atoms with van der Waals surface area (Å²) in [4.78, 5) is 0. The SMILES string of the molecule is Cc1cccc(NC2CCCC2)c1C. The molecule has 76 valence electrons. The van der Waals surface area contributed by atoms with Gasteiger partial charge in [-0.3, -0.25) is 0 Å². The Morgan fingerprint density at radius 1 is 1.14 bits per heavy atom. The summed E-state index contributed by atoms with van der Waals surface area (Å²) < 4.78 is 0. The van der Waals surface area contributed by atoms with Crippen LogP contribution in [0.15, 0.2) is 18.2 Å². The zero-order valence-corrected chi connectivity index (χ0v) is 9.14. The number of hydrogen-bond donors (Lipinski definition) is 1. The summed E-state index contributed by atoms with van der Waals surface area (Å²) in [5, 5.41) is 3.65. The van der Waals surface area contributed by atoms with Crippen LogP contribution in [-0.2, 0) is 0 Å². The second kappa shape index (κ2) is 4.04. The minimum atomic E-state index is 0.718. The fourth-order valence-corrected chi connectivity index (χ4v) is 2.20. The van der Waals surface area contributed by atoms with Gasteiger partial charge in [0.25, 0.3) is 0 Å². The Kier molecular flexibility index (Phi) is 2.76. The summed E-state index contributed by atoms with van der Waals surface area (Å²) in [5.74, 6) is 0. The third-order valence-electron chi connectivity index (χ3n) is 3.32. The number of aryl methyl sites for hydroxylation is 1. The second-order valence-electron chi connectivity index (χ2n) is 4.37. The van der Waals surface area contributed by atoms with Gasteiger partial charge >= 0.3 is 0 Å². The average molecular weight is 189 g/mol. The van der Waals surface area contributed by atoms with Gasteiger partial charge in [0, 0.05) is 11.7 Å². The lowest BCUT2D eigenvalue weighted by molar-refractivity contribution is 0.754. The predicted molar refractivity (Wildman–Crippen MR) is 61.8 cm³/mol. The molecular weight excluding hydrogens is 170 g/mol. The molecule has 0 spiro atoms. The van der Waals surface area contributed by atoms with E-state index in [9.17, 15) is 0 Å². The molecule has 0 heterocycles. The van der Waals surface area contributed by atoms with Crippen LogP contribution < -0.4 is 5.32 Å². The van der Waals surface area contributed by atoms with Gasteiger partial charge in [-0.25, -0.2) is 0 Å². The van der Waals surface area contributed by atoms with Gasteiger partial charge in [-0.05, 0) is 43.9 Å². The van der Waals surface area contributed by atoms with E-state index in [0.29, 0.717) is 0 Å². The van der Waals surface area contributed by atoms with E-state index in [1.165, 1.54) is 42.5 Å². The summed E-state index contributed by atoms with van der Waals surface area (Å²) in [5.41, 5.74) is 4.12. The molecule has 1 aliphatic carbocycles. The van der Waals surface area contributed by atoms with E-state index < -0.39 is 0 Å². The van der Waals surface area contributed by atoms with Gasteiger partial charge in [0.15, 0.2) is 0 Å². The highest BCUT2D eigenvalue weighted by Crippen LogP contribution is 2.25. The van der Waals surface area contributed by atoms with Gasteiger partial charge in [-0.15, -0.1) is 0 Å². The first-order valence-corrected chi connectivity index (χ1v) is 5.60. The molecule has 0 unspecified atom stereocenters. The van der Waals surface area contributed by atoms with Crippen LogP contribution in [-0.4, -0.2) is 6.04 Å². The van der Waals surface area contributed by atoms with E-state index in [-0.39, 0.29) is 0 Å². The molecule has 1 aromatic rings. The molecule has 0 saturated heterocycles. The molecule has 0 amide bonds. The molecule has 0 aliphatic heterocycles. The van der Waals surface area contributed by atoms with Crippen LogP contribution in [0.2, 0.25) is 0 Å². The van der Waals surface area contributed by atoms with Crippen LogP contribution in [0.5, 0.6) is 0 Å². The molecule has 1 fully saturated rings. The number of nitrogens with one attached hydrogen (secondary N) is 1. The summed E-state index contributed by atoms with van der Waals surface area (Å²) in [6.45, 7) is 4.38. The summed E-state index contributed by atoms with van der Waals surface area (Å²) in [6.07, 6.45) is 5.46. The smallest absolute Gasteiger partial charge is 0.0374 e. The maximum atomic E-state index is 3.65. The van der Waals surface area contributed by atoms with Gasteiger partial charge in [0.1, 0.15) is 0 Å². The second-order valence-corrected chi connectivity index (χ2v) is 4.37. The maximum absolute atomic E-state index is 3.65. The molecule has 0 aromatic heterocycles. The van der Waals surface area contributed by atoms with Crippen molar-refractivity contribution in [2.45, 2.75) is 45.6 Å². The van der Waals surface area contributed by atoms with Crippen molar-refractivity contribution in [2.75, 3.05) is 5.32 Å². The first-order chi connectivity index (χ1) is 6.77. The molecular formula is C13H19N. The maximum Gasteiger partial charge on any atom is 0.0374 e. The van der Waals surface area contributed by atoms with Gasteiger partial charge < -0.3 is 5.32 Å². The lowest BCUT2D eigenvalue weighted by Crippen LogP contribution is -2.15. The summed E-state index contributed by atoms with van der Waals surface area (Å²) >= 11 is 0. The average Bonchev–Trinajstić information content (AvgIpc) is 2.66. The van der Waals surface area contributed by atoms with Gasteiger partial charge in [0.2, 0.25) is 0 Å². The van der Waals surface area contributed by atoms with Crippen molar-refractivity contribution in [3.8, 4) is 0 Å². The van der Waals surface area contributed by atoms with E-state index >= 15 is 0 Å². The normalized spacial score (nSPS) is 17.3. The molecule has 0 bridgehead atoms. The number of rotatable bonds is 2. The molecule has 1 N–H and O–H groups in total. The van der Waals surface area contributed by atoms with Crippen LogP contribution >= 0.6 is 0 Å². The monoisotopic (exact) mass is 189 g/mol. The molecule has 1 heteroatoms. The Balaban J connectivity index is 2.11. The van der Waals surface area contributed by atoms with Crippen molar-refractivity contribution >= 4 is 5.69 Å². The standard InChI is InChI=1S/C13H19N/c1-10-6-5-9-13(11(10)2)14-12-7-3-4-8-12/h5-6,9,12,14H,3-4,7-8H2,1-2H3.